The van der Waals surface area contributed by atoms with E-state index >= 15 is 0 Å². The summed E-state index contributed by atoms with van der Waals surface area (Å²) in [5.41, 5.74) is 1.95. The van der Waals surface area contributed by atoms with Gasteiger partial charge in [0, 0.05) is 10.6 Å². The first-order valence-corrected chi connectivity index (χ1v) is 11.6. The van der Waals surface area contributed by atoms with Gasteiger partial charge in [0.2, 0.25) is 0 Å². The number of hydrogen-bond acceptors (Lipinski definition) is 5. The third-order valence-corrected chi connectivity index (χ3v) is 7.29. The maximum atomic E-state index is 12.8. The van der Waals surface area contributed by atoms with E-state index in [1.165, 1.54) is 17.4 Å². The summed E-state index contributed by atoms with van der Waals surface area (Å²) in [6.45, 7) is 1.65. The van der Waals surface area contributed by atoms with Crippen LogP contribution in [0.2, 0.25) is 5.02 Å². The second kappa shape index (κ2) is 8.06. The number of nitrogens with one attached hydrogen (secondary N) is 2. The first kappa shape index (κ1) is 20.3. The molecule has 6 nitrogen and oxygen atoms in total. The maximum absolute atomic E-state index is 12.8. The normalized spacial score (nSPS) is 11.4. The molecule has 0 saturated carbocycles. The zero-order valence-corrected chi connectivity index (χ0v) is 18.1. The third kappa shape index (κ3) is 4.16. The van der Waals surface area contributed by atoms with Gasteiger partial charge in [0.15, 0.2) is 5.13 Å². The van der Waals surface area contributed by atoms with Crippen LogP contribution in [0.3, 0.4) is 0 Å². The van der Waals surface area contributed by atoms with Crippen molar-refractivity contribution in [3.05, 3.63) is 82.9 Å². The van der Waals surface area contributed by atoms with Gasteiger partial charge in [-0.1, -0.05) is 47.2 Å². The molecule has 0 radical (unpaired) electrons. The number of halogens is 1. The van der Waals surface area contributed by atoms with Gasteiger partial charge < -0.3 is 0 Å². The molecule has 0 fully saturated rings. The SMILES string of the molecule is Cc1c(Cl)cccc1S(=O)(=O)Nc1ccc2sc(NC(=O)c3ccccc3)nc2c1. The van der Waals surface area contributed by atoms with Crippen LogP contribution in [-0.2, 0) is 10.0 Å². The lowest BCUT2D eigenvalue weighted by atomic mass is 10.2. The number of fused-ring (bicyclic) bond motifs is 1. The second-order valence-corrected chi connectivity index (χ2v) is 9.58. The van der Waals surface area contributed by atoms with Crippen LogP contribution in [0.4, 0.5) is 10.8 Å². The van der Waals surface area contributed by atoms with E-state index in [2.05, 4.69) is 15.0 Å². The summed E-state index contributed by atoms with van der Waals surface area (Å²) in [4.78, 5) is 16.8. The predicted octanol–water partition coefficient (Wildman–Crippen LogP) is 5.31. The molecule has 1 aromatic heterocycles. The molecule has 1 amide bonds. The molecule has 0 aliphatic rings. The summed E-state index contributed by atoms with van der Waals surface area (Å²) in [7, 11) is -3.81. The number of benzene rings is 3. The van der Waals surface area contributed by atoms with E-state index in [4.69, 9.17) is 11.6 Å². The van der Waals surface area contributed by atoms with Crippen LogP contribution in [0.15, 0.2) is 71.6 Å². The van der Waals surface area contributed by atoms with E-state index < -0.39 is 10.0 Å². The molecule has 1 heterocycles. The van der Waals surface area contributed by atoms with Crippen LogP contribution < -0.4 is 10.0 Å². The molecule has 0 spiro atoms. The van der Waals surface area contributed by atoms with E-state index in [1.54, 1.807) is 61.5 Å². The van der Waals surface area contributed by atoms with Gasteiger partial charge in [-0.05, 0) is 55.0 Å². The highest BCUT2D eigenvalue weighted by atomic mass is 35.5. The largest absolute Gasteiger partial charge is 0.298 e. The fourth-order valence-electron chi connectivity index (χ4n) is 2.89. The van der Waals surface area contributed by atoms with E-state index in [1.807, 2.05) is 6.07 Å². The van der Waals surface area contributed by atoms with Gasteiger partial charge >= 0.3 is 0 Å². The van der Waals surface area contributed by atoms with Crippen molar-refractivity contribution in [1.82, 2.24) is 4.98 Å². The van der Waals surface area contributed by atoms with Gasteiger partial charge in [0.05, 0.1) is 20.8 Å². The number of carbonyl (C=O) groups is 1. The van der Waals surface area contributed by atoms with E-state index in [9.17, 15) is 13.2 Å². The number of rotatable bonds is 5. The van der Waals surface area contributed by atoms with E-state index in [0.29, 0.717) is 32.5 Å². The standard InChI is InChI=1S/C21H16ClN3O3S2/c1-13-16(22)8-5-9-19(13)30(27,28)25-15-10-11-18-17(12-15)23-21(29-18)24-20(26)14-6-3-2-4-7-14/h2-12,25H,1H3,(H,23,24,26). The Morgan fingerprint density at radius 2 is 1.80 bits per heavy atom. The number of amides is 1. The highest BCUT2D eigenvalue weighted by Gasteiger charge is 2.19. The minimum absolute atomic E-state index is 0.115. The third-order valence-electron chi connectivity index (χ3n) is 4.40. The molecule has 0 atom stereocenters. The molecule has 2 N–H and O–H groups in total. The van der Waals surface area contributed by atoms with Gasteiger partial charge in [-0.15, -0.1) is 0 Å². The zero-order chi connectivity index (χ0) is 21.3. The smallest absolute Gasteiger partial charge is 0.262 e. The van der Waals surface area contributed by atoms with Crippen LogP contribution in [0.25, 0.3) is 10.2 Å². The monoisotopic (exact) mass is 457 g/mol. The van der Waals surface area contributed by atoms with Crippen molar-refractivity contribution in [2.45, 2.75) is 11.8 Å². The molecule has 4 rings (SSSR count). The number of hydrogen-bond donors (Lipinski definition) is 2. The average molecular weight is 458 g/mol. The molecular formula is C21H16ClN3O3S2. The Morgan fingerprint density at radius 3 is 2.57 bits per heavy atom. The summed E-state index contributed by atoms with van der Waals surface area (Å²) < 4.78 is 28.9. The van der Waals surface area contributed by atoms with E-state index in [-0.39, 0.29) is 10.8 Å². The molecule has 9 heteroatoms. The molecule has 0 bridgehead atoms. The topological polar surface area (TPSA) is 88.2 Å². The Labute approximate surface area is 182 Å². The molecule has 0 unspecified atom stereocenters. The maximum Gasteiger partial charge on any atom is 0.262 e. The highest BCUT2D eigenvalue weighted by molar-refractivity contribution is 7.92. The summed E-state index contributed by atoms with van der Waals surface area (Å²) in [6.07, 6.45) is 0. The summed E-state index contributed by atoms with van der Waals surface area (Å²) in [5, 5.41) is 3.59. The Morgan fingerprint density at radius 1 is 1.03 bits per heavy atom. The summed E-state index contributed by atoms with van der Waals surface area (Å²) >= 11 is 7.36. The minimum atomic E-state index is -3.81. The molecule has 0 aliphatic heterocycles. The number of thiazole rings is 1. The van der Waals surface area contributed by atoms with Crippen molar-refractivity contribution in [2.24, 2.45) is 0 Å². The Bertz CT molecular complexity index is 1350. The molecule has 0 aliphatic carbocycles. The molecule has 30 heavy (non-hydrogen) atoms. The molecule has 0 saturated heterocycles. The Balaban J connectivity index is 1.58. The van der Waals surface area contributed by atoms with Crippen molar-refractivity contribution in [3.63, 3.8) is 0 Å². The Hall–Kier alpha value is -2.94. The average Bonchev–Trinajstić information content (AvgIpc) is 3.11. The second-order valence-electron chi connectivity index (χ2n) is 6.49. The number of carbonyl (C=O) groups excluding carboxylic acids is 1. The highest BCUT2D eigenvalue weighted by Crippen LogP contribution is 2.30. The van der Waals surface area contributed by atoms with Gasteiger partial charge in [0.1, 0.15) is 0 Å². The van der Waals surface area contributed by atoms with Crippen molar-refractivity contribution in [2.75, 3.05) is 10.0 Å². The van der Waals surface area contributed by atoms with Crippen LogP contribution in [0.5, 0.6) is 0 Å². The lowest BCUT2D eigenvalue weighted by molar-refractivity contribution is 0.102. The van der Waals surface area contributed by atoms with Crippen molar-refractivity contribution in [1.29, 1.82) is 0 Å². The minimum Gasteiger partial charge on any atom is -0.298 e. The molecular weight excluding hydrogens is 442 g/mol. The molecule has 4 aromatic rings. The fraction of sp³-hybridized carbons (Fsp3) is 0.0476. The number of anilines is 2. The number of sulfonamides is 1. The first-order chi connectivity index (χ1) is 14.3. The summed E-state index contributed by atoms with van der Waals surface area (Å²) in [5.74, 6) is -0.257. The fourth-order valence-corrected chi connectivity index (χ4v) is 5.28. The summed E-state index contributed by atoms with van der Waals surface area (Å²) in [6, 6.07) is 18.6. The lowest BCUT2D eigenvalue weighted by Gasteiger charge is -2.11. The van der Waals surface area contributed by atoms with Gasteiger partial charge in [0.25, 0.3) is 15.9 Å². The Kier molecular flexibility index (Phi) is 5.46. The number of nitrogens with zero attached hydrogens (tertiary/aromatic N) is 1. The van der Waals surface area contributed by atoms with Crippen LogP contribution in [0, 0.1) is 6.92 Å². The van der Waals surface area contributed by atoms with Crippen LogP contribution in [0.1, 0.15) is 15.9 Å². The van der Waals surface area contributed by atoms with Gasteiger partial charge in [-0.25, -0.2) is 13.4 Å². The van der Waals surface area contributed by atoms with Crippen LogP contribution in [-0.4, -0.2) is 19.3 Å². The van der Waals surface area contributed by atoms with Gasteiger partial charge in [-0.3, -0.25) is 14.8 Å². The predicted molar refractivity (Wildman–Crippen MR) is 121 cm³/mol. The number of aromatic nitrogens is 1. The van der Waals surface area contributed by atoms with Crippen molar-refractivity contribution < 1.29 is 13.2 Å². The lowest BCUT2D eigenvalue weighted by Crippen LogP contribution is -2.14. The molecule has 3 aromatic carbocycles. The first-order valence-electron chi connectivity index (χ1n) is 8.88. The quantitative estimate of drug-likeness (QED) is 0.425. The van der Waals surface area contributed by atoms with Crippen molar-refractivity contribution >= 4 is 59.9 Å². The zero-order valence-electron chi connectivity index (χ0n) is 15.7. The van der Waals surface area contributed by atoms with Crippen LogP contribution >= 0.6 is 22.9 Å². The van der Waals surface area contributed by atoms with Crippen molar-refractivity contribution in [3.8, 4) is 0 Å². The van der Waals surface area contributed by atoms with E-state index in [0.717, 1.165) is 4.70 Å². The van der Waals surface area contributed by atoms with Gasteiger partial charge in [-0.2, -0.15) is 0 Å². The molecule has 152 valence electrons.